The number of nitrogens with zero attached hydrogens (tertiary/aromatic N) is 2. The summed E-state index contributed by atoms with van der Waals surface area (Å²) in [6.45, 7) is 3.99. The first kappa shape index (κ1) is 18.5. The molecule has 1 amide bonds. The number of amides is 1. The van der Waals surface area contributed by atoms with Gasteiger partial charge in [-0.1, -0.05) is 29.8 Å². The monoisotopic (exact) mass is 374 g/mol. The number of aryl methyl sites for hydroxylation is 1. The minimum atomic E-state index is 0.0226. The fourth-order valence-electron chi connectivity index (χ4n) is 3.17. The molecule has 1 fully saturated rings. The smallest absolute Gasteiger partial charge is 0.222 e. The number of rotatable bonds is 5. The molecule has 2 N–H and O–H groups in total. The number of hydrogen-bond donors (Lipinski definition) is 2. The number of benzene rings is 2. The van der Waals surface area contributed by atoms with Gasteiger partial charge in [0, 0.05) is 50.2 Å². The number of carbonyl (C=O) groups is 1. The molecule has 1 saturated heterocycles. The number of piperazine rings is 1. The van der Waals surface area contributed by atoms with Gasteiger partial charge in [-0.05, 0) is 35.7 Å². The maximum atomic E-state index is 12.4. The van der Waals surface area contributed by atoms with Crippen LogP contribution in [0.4, 0.5) is 0 Å². The lowest BCUT2D eigenvalue weighted by molar-refractivity contribution is -0.133. The van der Waals surface area contributed by atoms with Crippen LogP contribution in [0, 0.1) is 0 Å². The van der Waals surface area contributed by atoms with Crippen molar-refractivity contribution in [2.45, 2.75) is 19.4 Å². The minimum Gasteiger partial charge on any atom is -0.508 e. The lowest BCUT2D eigenvalue weighted by Crippen LogP contribution is -2.48. The summed E-state index contributed by atoms with van der Waals surface area (Å²) >= 11 is 5.91. The number of halogens is 1. The highest BCUT2D eigenvalue weighted by Crippen LogP contribution is 2.24. The van der Waals surface area contributed by atoms with Gasteiger partial charge in [0.2, 0.25) is 5.91 Å². The summed E-state index contributed by atoms with van der Waals surface area (Å²) in [4.78, 5) is 16.6. The summed E-state index contributed by atoms with van der Waals surface area (Å²) in [7, 11) is 0. The Kier molecular flexibility index (Phi) is 6.01. The van der Waals surface area contributed by atoms with Crippen LogP contribution in [0.3, 0.4) is 0 Å². The Morgan fingerprint density at radius 1 is 1.00 bits per heavy atom. The molecule has 6 heteroatoms. The molecule has 0 unspecified atom stereocenters. The molecule has 26 heavy (non-hydrogen) atoms. The third-order valence-corrected chi connectivity index (χ3v) is 4.97. The van der Waals surface area contributed by atoms with Gasteiger partial charge in [0.05, 0.1) is 0 Å². The first-order chi connectivity index (χ1) is 12.5. The van der Waals surface area contributed by atoms with Crippen LogP contribution in [0.5, 0.6) is 11.5 Å². The summed E-state index contributed by atoms with van der Waals surface area (Å²) in [5.41, 5.74) is 1.90. The van der Waals surface area contributed by atoms with Gasteiger partial charge in [0.1, 0.15) is 11.5 Å². The van der Waals surface area contributed by atoms with Gasteiger partial charge in [-0.2, -0.15) is 0 Å². The van der Waals surface area contributed by atoms with E-state index in [1.807, 2.05) is 29.2 Å². The SMILES string of the molecule is O=C(CCc1ccc(O)cc1O)N1CCN(Cc2ccc(Cl)cc2)CC1. The maximum absolute atomic E-state index is 12.4. The van der Waals surface area contributed by atoms with E-state index in [0.717, 1.165) is 24.7 Å². The van der Waals surface area contributed by atoms with Crippen molar-refractivity contribution in [1.82, 2.24) is 9.80 Å². The molecule has 2 aromatic rings. The summed E-state index contributed by atoms with van der Waals surface area (Å²) in [5, 5.41) is 19.9. The zero-order valence-corrected chi connectivity index (χ0v) is 15.3. The molecule has 5 nitrogen and oxygen atoms in total. The van der Waals surface area contributed by atoms with Crippen molar-refractivity contribution in [3.63, 3.8) is 0 Å². The van der Waals surface area contributed by atoms with Crippen molar-refractivity contribution in [3.05, 3.63) is 58.6 Å². The van der Waals surface area contributed by atoms with Crippen molar-refractivity contribution in [3.8, 4) is 11.5 Å². The van der Waals surface area contributed by atoms with Crippen molar-refractivity contribution in [1.29, 1.82) is 0 Å². The summed E-state index contributed by atoms with van der Waals surface area (Å²) < 4.78 is 0. The van der Waals surface area contributed by atoms with E-state index in [1.165, 1.54) is 17.7 Å². The van der Waals surface area contributed by atoms with Crippen LogP contribution in [0.2, 0.25) is 5.02 Å². The lowest BCUT2D eigenvalue weighted by Gasteiger charge is -2.34. The van der Waals surface area contributed by atoms with Gasteiger partial charge in [0.15, 0.2) is 0 Å². The summed E-state index contributed by atoms with van der Waals surface area (Å²) in [6, 6.07) is 12.3. The molecule has 3 rings (SSSR count). The molecule has 0 radical (unpaired) electrons. The van der Waals surface area contributed by atoms with Crippen LogP contribution in [0.15, 0.2) is 42.5 Å². The van der Waals surface area contributed by atoms with Crippen molar-refractivity contribution >= 4 is 17.5 Å². The number of phenols is 2. The molecule has 1 aliphatic heterocycles. The largest absolute Gasteiger partial charge is 0.508 e. The number of phenolic OH excluding ortho intramolecular Hbond substituents is 2. The van der Waals surface area contributed by atoms with Crippen LogP contribution < -0.4 is 0 Å². The molecule has 138 valence electrons. The topological polar surface area (TPSA) is 64.0 Å². The van der Waals surface area contributed by atoms with E-state index < -0.39 is 0 Å². The quantitative estimate of drug-likeness (QED) is 0.844. The third-order valence-electron chi connectivity index (χ3n) is 4.72. The fourth-order valence-corrected chi connectivity index (χ4v) is 3.29. The number of carbonyl (C=O) groups excluding carboxylic acids is 1. The molecular formula is C20H23ClN2O3. The molecule has 0 aliphatic carbocycles. The fraction of sp³-hybridized carbons (Fsp3) is 0.350. The van der Waals surface area contributed by atoms with E-state index in [4.69, 9.17) is 11.6 Å². The molecule has 1 heterocycles. The lowest BCUT2D eigenvalue weighted by atomic mass is 10.1. The Labute approximate surface area is 158 Å². The van der Waals surface area contributed by atoms with Crippen LogP contribution >= 0.6 is 11.6 Å². The molecule has 0 atom stereocenters. The third kappa shape index (κ3) is 4.90. The molecular weight excluding hydrogens is 352 g/mol. The first-order valence-electron chi connectivity index (χ1n) is 8.77. The van der Waals surface area contributed by atoms with Crippen molar-refractivity contribution in [2.75, 3.05) is 26.2 Å². The first-order valence-corrected chi connectivity index (χ1v) is 9.14. The summed E-state index contributed by atoms with van der Waals surface area (Å²) in [5.74, 6) is 0.156. The highest BCUT2D eigenvalue weighted by Gasteiger charge is 2.21. The van der Waals surface area contributed by atoms with Gasteiger partial charge >= 0.3 is 0 Å². The normalized spacial score (nSPS) is 15.2. The van der Waals surface area contributed by atoms with Gasteiger partial charge < -0.3 is 15.1 Å². The van der Waals surface area contributed by atoms with E-state index in [-0.39, 0.29) is 17.4 Å². The Hall–Kier alpha value is -2.24. The van der Waals surface area contributed by atoms with Crippen molar-refractivity contribution in [2.24, 2.45) is 0 Å². The van der Waals surface area contributed by atoms with Crippen LogP contribution in [0.25, 0.3) is 0 Å². The second-order valence-corrected chi connectivity index (χ2v) is 7.03. The zero-order chi connectivity index (χ0) is 18.5. The van der Waals surface area contributed by atoms with Crippen LogP contribution in [-0.2, 0) is 17.8 Å². The van der Waals surface area contributed by atoms with E-state index in [1.54, 1.807) is 6.07 Å². The van der Waals surface area contributed by atoms with Gasteiger partial charge in [-0.15, -0.1) is 0 Å². The zero-order valence-electron chi connectivity index (χ0n) is 14.6. The summed E-state index contributed by atoms with van der Waals surface area (Å²) in [6.07, 6.45) is 0.825. The van der Waals surface area contributed by atoms with Gasteiger partial charge in [0.25, 0.3) is 0 Å². The van der Waals surface area contributed by atoms with Gasteiger partial charge in [-0.25, -0.2) is 0 Å². The maximum Gasteiger partial charge on any atom is 0.222 e. The molecule has 2 aromatic carbocycles. The predicted molar refractivity (Wildman–Crippen MR) is 101 cm³/mol. The Balaban J connectivity index is 1.45. The van der Waals surface area contributed by atoms with Crippen LogP contribution in [-0.4, -0.2) is 52.1 Å². The average Bonchev–Trinajstić information content (AvgIpc) is 2.63. The predicted octanol–water partition coefficient (Wildman–Crippen LogP) is 3.03. The second kappa shape index (κ2) is 8.43. The van der Waals surface area contributed by atoms with Crippen molar-refractivity contribution < 1.29 is 15.0 Å². The van der Waals surface area contributed by atoms with E-state index in [0.29, 0.717) is 31.5 Å². The molecule has 0 saturated carbocycles. The molecule has 0 spiro atoms. The molecule has 1 aliphatic rings. The van der Waals surface area contributed by atoms with E-state index in [2.05, 4.69) is 4.90 Å². The average molecular weight is 375 g/mol. The van der Waals surface area contributed by atoms with Crippen LogP contribution in [0.1, 0.15) is 17.5 Å². The van der Waals surface area contributed by atoms with E-state index >= 15 is 0 Å². The Bertz CT molecular complexity index is 756. The standard InChI is InChI=1S/C20H23ClN2O3/c21-17-5-1-15(2-6-17)14-22-9-11-23(12-10-22)20(26)8-4-16-3-7-18(24)13-19(16)25/h1-3,5-7,13,24-25H,4,8-12,14H2. The Morgan fingerprint density at radius 2 is 1.69 bits per heavy atom. The van der Waals surface area contributed by atoms with Gasteiger partial charge in [-0.3, -0.25) is 9.69 Å². The number of hydrogen-bond acceptors (Lipinski definition) is 4. The molecule has 0 aromatic heterocycles. The highest BCUT2D eigenvalue weighted by molar-refractivity contribution is 6.30. The second-order valence-electron chi connectivity index (χ2n) is 6.60. The number of aromatic hydroxyl groups is 2. The molecule has 0 bridgehead atoms. The minimum absolute atomic E-state index is 0.0226. The Morgan fingerprint density at radius 3 is 2.35 bits per heavy atom. The highest BCUT2D eigenvalue weighted by atomic mass is 35.5. The van der Waals surface area contributed by atoms with E-state index in [9.17, 15) is 15.0 Å².